The number of carbonyl (C=O) groups excluding carboxylic acids is 1. The quantitative estimate of drug-likeness (QED) is 0.0503. The van der Waals surface area contributed by atoms with Crippen LogP contribution in [0.15, 0.2) is 122 Å². The summed E-state index contributed by atoms with van der Waals surface area (Å²) in [7, 11) is -8.17. The van der Waals surface area contributed by atoms with Gasteiger partial charge in [-0.05, 0) is 64.9 Å². The number of nitrogens with one attached hydrogen (secondary N) is 1. The summed E-state index contributed by atoms with van der Waals surface area (Å²) in [5.41, 5.74) is 1.50. The van der Waals surface area contributed by atoms with Crippen LogP contribution in [0.5, 0.6) is 11.5 Å². The summed E-state index contributed by atoms with van der Waals surface area (Å²) in [4.78, 5) is 65.6. The number of ether oxygens (including phenoxy) is 4. The average molecular weight is 914 g/mol. The van der Waals surface area contributed by atoms with Crippen molar-refractivity contribution in [2.75, 3.05) is 26.1 Å². The van der Waals surface area contributed by atoms with Gasteiger partial charge in [0.25, 0.3) is 5.91 Å². The van der Waals surface area contributed by atoms with Gasteiger partial charge < -0.3 is 48.4 Å². The highest BCUT2D eigenvalue weighted by molar-refractivity contribution is 8.08. The first-order valence-corrected chi connectivity index (χ1v) is 23.7. The number of anilines is 1. The summed E-state index contributed by atoms with van der Waals surface area (Å²) >= 11 is 5.08. The van der Waals surface area contributed by atoms with E-state index in [4.69, 9.17) is 45.1 Å². The maximum atomic E-state index is 13.0. The van der Waals surface area contributed by atoms with Crippen LogP contribution in [0.1, 0.15) is 39.7 Å². The van der Waals surface area contributed by atoms with E-state index in [-0.39, 0.29) is 30.0 Å². The number of phosphoric acid groups is 2. The fourth-order valence-corrected chi connectivity index (χ4v) is 11.1. The third-order valence-electron chi connectivity index (χ3n) is 9.44. The van der Waals surface area contributed by atoms with E-state index < -0.39 is 52.3 Å². The Morgan fingerprint density at radius 3 is 1.97 bits per heavy atom. The Balaban J connectivity index is 1.26. The maximum absolute atomic E-state index is 13.0. The highest BCUT2D eigenvalue weighted by atomic mass is 32.5. The Morgan fingerprint density at radius 2 is 1.39 bits per heavy atom. The first-order chi connectivity index (χ1) is 29.1. The van der Waals surface area contributed by atoms with Gasteiger partial charge in [-0.15, -0.1) is 0 Å². The monoisotopic (exact) mass is 913 g/mol. The molecule has 1 fully saturated rings. The molecule has 0 spiro atoms. The number of carbonyl (C=O) groups is 1. The van der Waals surface area contributed by atoms with Gasteiger partial charge in [0, 0.05) is 12.0 Å². The van der Waals surface area contributed by atoms with E-state index in [0.717, 1.165) is 0 Å². The lowest BCUT2D eigenvalue weighted by Crippen LogP contribution is -2.38. The molecule has 0 radical (unpaired) electrons. The molecule has 3 heterocycles. The fourth-order valence-electron chi connectivity index (χ4n) is 6.81. The van der Waals surface area contributed by atoms with E-state index in [1.54, 1.807) is 68.8 Å². The molecule has 23 heteroatoms. The molecule has 4 aromatic carbocycles. The number of methoxy groups -OCH3 is 2. The largest absolute Gasteiger partial charge is 0.497 e. The molecule has 1 aliphatic rings. The molecule has 0 saturated carbocycles. The van der Waals surface area contributed by atoms with Crippen LogP contribution in [0.3, 0.4) is 0 Å². The van der Waals surface area contributed by atoms with E-state index >= 15 is 0 Å². The van der Waals surface area contributed by atoms with Gasteiger partial charge in [-0.1, -0.05) is 72.8 Å². The van der Waals surface area contributed by atoms with Gasteiger partial charge in [0.1, 0.15) is 35.8 Å². The van der Waals surface area contributed by atoms with Crippen LogP contribution in [-0.2, 0) is 49.2 Å². The van der Waals surface area contributed by atoms with Crippen LogP contribution < -0.4 is 14.8 Å². The average Bonchev–Trinajstić information content (AvgIpc) is 3.85. The molecule has 1 aliphatic heterocycles. The van der Waals surface area contributed by atoms with Crippen molar-refractivity contribution in [3.8, 4) is 11.5 Å². The first kappa shape index (κ1) is 44.3. The van der Waals surface area contributed by atoms with Crippen LogP contribution in [0.2, 0.25) is 0 Å². The third kappa shape index (κ3) is 10.3. The smallest absolute Gasteiger partial charge is 0.488 e. The molecular weight excluding hydrogens is 875 g/mol. The van der Waals surface area contributed by atoms with Crippen molar-refractivity contribution in [2.24, 2.45) is 0 Å². The second-order valence-electron chi connectivity index (χ2n) is 13.3. The summed E-state index contributed by atoms with van der Waals surface area (Å²) in [5, 5.41) is 2.75. The predicted molar refractivity (Wildman–Crippen MR) is 222 cm³/mol. The summed E-state index contributed by atoms with van der Waals surface area (Å²) < 4.78 is 64.2. The minimum Gasteiger partial charge on any atom is -0.497 e. The summed E-state index contributed by atoms with van der Waals surface area (Å²) in [5.74, 6) is 0.851. The van der Waals surface area contributed by atoms with Crippen molar-refractivity contribution < 1.29 is 65.6 Å². The van der Waals surface area contributed by atoms with Gasteiger partial charge in [-0.2, -0.15) is 4.31 Å². The van der Waals surface area contributed by atoms with Crippen molar-refractivity contribution in [3.05, 3.63) is 144 Å². The molecular formula is C38H38N5O14P3S. The number of aromatic nitrogens is 4. The molecule has 0 aliphatic carbocycles. The van der Waals surface area contributed by atoms with E-state index in [0.29, 0.717) is 33.8 Å². The molecule has 19 nitrogen and oxygen atoms in total. The molecule has 320 valence electrons. The van der Waals surface area contributed by atoms with Gasteiger partial charge in [0.2, 0.25) is 0 Å². The molecule has 1 amide bonds. The van der Waals surface area contributed by atoms with Gasteiger partial charge >= 0.3 is 22.4 Å². The number of nitrogens with zero attached hydrogens (tertiary/aromatic N) is 4. The van der Waals surface area contributed by atoms with Crippen LogP contribution >= 0.6 is 22.4 Å². The summed E-state index contributed by atoms with van der Waals surface area (Å²) in [6, 6.07) is 32.3. The van der Waals surface area contributed by atoms with Crippen molar-refractivity contribution in [1.82, 2.24) is 19.5 Å². The van der Waals surface area contributed by atoms with Crippen molar-refractivity contribution in [2.45, 2.75) is 30.5 Å². The zero-order chi connectivity index (χ0) is 43.4. The van der Waals surface area contributed by atoms with E-state index in [2.05, 4.69) is 28.9 Å². The SMILES string of the molecule is COc1ccc(C(OC[C@H]2O[C@@H](n3cnc4c(NC(=O)c5ccccc5)ncnc43)C[C@@H]2OP(O)(=S)OP(=O)(O)OP(=O)(O)O)(c2ccccc2)c2ccc(OC)cc2)cc1. The normalized spacial score (nSPS) is 18.9. The molecule has 61 heavy (non-hydrogen) atoms. The van der Waals surface area contributed by atoms with Crippen LogP contribution in [0.4, 0.5) is 5.82 Å². The van der Waals surface area contributed by atoms with Crippen LogP contribution in [0.25, 0.3) is 11.2 Å². The lowest BCUT2D eigenvalue weighted by molar-refractivity contribution is -0.0909. The Labute approximate surface area is 353 Å². The lowest BCUT2D eigenvalue weighted by atomic mass is 9.80. The third-order valence-corrected chi connectivity index (χ3v) is 14.2. The molecule has 7 rings (SSSR count). The molecule has 2 aromatic heterocycles. The number of hydrogen-bond donors (Lipinski definition) is 5. The number of amides is 1. The fraction of sp³-hybridized carbons (Fsp3) is 0.211. The van der Waals surface area contributed by atoms with Crippen molar-refractivity contribution in [1.29, 1.82) is 0 Å². The first-order valence-electron chi connectivity index (χ1n) is 18.1. The van der Waals surface area contributed by atoms with E-state index in [1.165, 1.54) is 17.2 Å². The number of benzene rings is 4. The lowest BCUT2D eigenvalue weighted by Gasteiger charge is -2.37. The molecule has 2 unspecified atom stereocenters. The highest BCUT2D eigenvalue weighted by Gasteiger charge is 2.47. The van der Waals surface area contributed by atoms with Gasteiger partial charge in [0.15, 0.2) is 17.0 Å². The standard InChI is InChI=1S/C38H38N5O14P3S/c1-51-29-17-13-27(14-18-29)38(26-11-7-4-8-12-26,28-15-19-30(52-2)20-16-28)53-22-32-31(55-60(50,61)57-59(48,49)56-58(45,46)47)21-33(54-32)43-24-41-34-35(39-23-40-36(34)43)42-37(44)25-9-5-3-6-10-25/h3-20,23-24,31-33H,21-22H2,1-2H3,(H,48,49)(H,50,61)(H2,45,46,47)(H,39,40,42,44)/t31-,32+,33+,60?/m0/s1. The number of fused-ring (bicyclic) bond motifs is 1. The molecule has 1 saturated heterocycles. The van der Waals surface area contributed by atoms with Crippen LogP contribution in [-0.4, -0.2) is 78.0 Å². The number of hydrogen-bond acceptors (Lipinski definition) is 14. The topological polar surface area (TPSA) is 252 Å². The summed E-state index contributed by atoms with van der Waals surface area (Å²) in [6.07, 6.45) is -0.953. The number of imidazole rings is 1. The van der Waals surface area contributed by atoms with E-state index in [9.17, 15) is 23.7 Å². The molecule has 0 bridgehead atoms. The minimum absolute atomic E-state index is 0.109. The van der Waals surface area contributed by atoms with Gasteiger partial charge in [-0.25, -0.2) is 28.4 Å². The molecule has 5 N–H and O–H groups in total. The Bertz CT molecular complexity index is 2570. The molecule has 5 atom stereocenters. The second kappa shape index (κ2) is 18.3. The van der Waals surface area contributed by atoms with Crippen LogP contribution in [0, 0.1) is 0 Å². The van der Waals surface area contributed by atoms with Gasteiger partial charge in [-0.3, -0.25) is 9.36 Å². The summed E-state index contributed by atoms with van der Waals surface area (Å²) in [6.45, 7) is -5.16. The van der Waals surface area contributed by atoms with Crippen molar-refractivity contribution in [3.63, 3.8) is 0 Å². The van der Waals surface area contributed by atoms with Crippen molar-refractivity contribution >= 4 is 57.1 Å². The highest BCUT2D eigenvalue weighted by Crippen LogP contribution is 2.67. The minimum atomic E-state index is -5.68. The molecule has 6 aromatic rings. The van der Waals surface area contributed by atoms with Gasteiger partial charge in [0.05, 0.1) is 33.3 Å². The second-order valence-corrected chi connectivity index (χ2v) is 19.0. The maximum Gasteiger partial charge on any atom is 0.488 e. The Hall–Kier alpha value is -4.75. The van der Waals surface area contributed by atoms with E-state index in [1.807, 2.05) is 54.6 Å². The Morgan fingerprint density at radius 1 is 0.820 bits per heavy atom. The predicted octanol–water partition coefficient (Wildman–Crippen LogP) is 6.22. The number of rotatable bonds is 17. The Kier molecular flexibility index (Phi) is 13.3. The zero-order valence-corrected chi connectivity index (χ0v) is 35.6. The zero-order valence-electron chi connectivity index (χ0n) is 32.1.